The molecule has 0 saturated heterocycles. The number of ether oxygens (including phenoxy) is 2. The highest BCUT2D eigenvalue weighted by molar-refractivity contribution is 5.82. The molecule has 1 N–H and O–H groups in total. The topological polar surface area (TPSA) is 64.6 Å². The van der Waals surface area contributed by atoms with E-state index in [0.717, 1.165) is 11.1 Å². The molecule has 0 fully saturated rings. The quantitative estimate of drug-likeness (QED) is 0.620. The number of carbonyl (C=O) groups excluding carboxylic acids is 2. The van der Waals surface area contributed by atoms with Crippen LogP contribution in [-0.2, 0) is 20.9 Å². The van der Waals surface area contributed by atoms with Gasteiger partial charge in [-0.15, -0.1) is 6.58 Å². The van der Waals surface area contributed by atoms with E-state index < -0.39 is 24.0 Å². The van der Waals surface area contributed by atoms with Crippen LogP contribution in [0.4, 0.5) is 4.79 Å². The normalized spacial score (nSPS) is 12.5. The SMILES string of the molecule is C=C[C@@H](c1ccccc1)[C@@H](NC(=O)OCc1ccccc1)C(=O)OC. The zero-order valence-electron chi connectivity index (χ0n) is 14.1. The fourth-order valence-electron chi connectivity index (χ4n) is 2.45. The molecule has 0 saturated carbocycles. The molecule has 0 spiro atoms. The number of esters is 1. The maximum atomic E-state index is 12.2. The van der Waals surface area contributed by atoms with E-state index in [0.29, 0.717) is 0 Å². The summed E-state index contributed by atoms with van der Waals surface area (Å²) in [6, 6.07) is 17.7. The van der Waals surface area contributed by atoms with Crippen LogP contribution in [0.5, 0.6) is 0 Å². The maximum absolute atomic E-state index is 12.2. The van der Waals surface area contributed by atoms with Crippen molar-refractivity contribution in [2.75, 3.05) is 7.11 Å². The number of methoxy groups -OCH3 is 1. The smallest absolute Gasteiger partial charge is 0.408 e. The van der Waals surface area contributed by atoms with E-state index in [2.05, 4.69) is 11.9 Å². The fourth-order valence-corrected chi connectivity index (χ4v) is 2.45. The van der Waals surface area contributed by atoms with Gasteiger partial charge in [0, 0.05) is 5.92 Å². The summed E-state index contributed by atoms with van der Waals surface area (Å²) in [6.45, 7) is 3.89. The number of rotatable bonds is 7. The summed E-state index contributed by atoms with van der Waals surface area (Å²) < 4.78 is 10.0. The van der Waals surface area contributed by atoms with Crippen molar-refractivity contribution >= 4 is 12.1 Å². The second kappa shape index (κ2) is 9.27. The van der Waals surface area contributed by atoms with Crippen LogP contribution >= 0.6 is 0 Å². The summed E-state index contributed by atoms with van der Waals surface area (Å²) in [5.74, 6) is -0.997. The first-order valence-electron chi connectivity index (χ1n) is 7.88. The van der Waals surface area contributed by atoms with Gasteiger partial charge in [-0.1, -0.05) is 66.7 Å². The van der Waals surface area contributed by atoms with Crippen LogP contribution in [0.3, 0.4) is 0 Å². The molecule has 0 heterocycles. The highest BCUT2D eigenvalue weighted by Gasteiger charge is 2.30. The molecule has 0 aliphatic carbocycles. The molecule has 2 aromatic rings. The van der Waals surface area contributed by atoms with Crippen molar-refractivity contribution in [1.29, 1.82) is 0 Å². The fraction of sp³-hybridized carbons (Fsp3) is 0.200. The molecule has 2 rings (SSSR count). The third-order valence-electron chi connectivity index (χ3n) is 3.74. The van der Waals surface area contributed by atoms with Crippen molar-refractivity contribution in [2.24, 2.45) is 0 Å². The van der Waals surface area contributed by atoms with Gasteiger partial charge in [0.15, 0.2) is 0 Å². The third-order valence-corrected chi connectivity index (χ3v) is 3.74. The molecule has 2 atom stereocenters. The molecular weight excluding hydrogens is 318 g/mol. The summed E-state index contributed by atoms with van der Waals surface area (Å²) in [5.41, 5.74) is 1.70. The molecule has 2 aromatic carbocycles. The molecule has 5 heteroatoms. The number of nitrogens with one attached hydrogen (secondary N) is 1. The molecular formula is C20H21NO4. The van der Waals surface area contributed by atoms with Crippen LogP contribution in [0.15, 0.2) is 73.3 Å². The first kappa shape index (κ1) is 18.3. The standard InChI is InChI=1S/C20H21NO4/c1-3-17(16-12-8-5-9-13-16)18(19(22)24-2)21-20(23)25-14-15-10-6-4-7-11-15/h3-13,17-18H,1,14H2,2H3,(H,21,23)/t17-,18+/m0/s1. The number of hydrogen-bond acceptors (Lipinski definition) is 4. The Morgan fingerprint density at radius 3 is 2.24 bits per heavy atom. The predicted molar refractivity (Wildman–Crippen MR) is 94.9 cm³/mol. The molecule has 0 aliphatic rings. The Balaban J connectivity index is 2.07. The van der Waals surface area contributed by atoms with Crippen LogP contribution in [0, 0.1) is 0 Å². The number of alkyl carbamates (subject to hydrolysis) is 1. The first-order chi connectivity index (χ1) is 12.2. The Labute approximate surface area is 147 Å². The van der Waals surface area contributed by atoms with Crippen LogP contribution < -0.4 is 5.32 Å². The van der Waals surface area contributed by atoms with Gasteiger partial charge in [-0.2, -0.15) is 0 Å². The third kappa shape index (κ3) is 5.21. The zero-order valence-corrected chi connectivity index (χ0v) is 14.1. The van der Waals surface area contributed by atoms with E-state index in [4.69, 9.17) is 9.47 Å². The maximum Gasteiger partial charge on any atom is 0.408 e. The molecule has 0 unspecified atom stereocenters. The van der Waals surface area contributed by atoms with E-state index in [-0.39, 0.29) is 6.61 Å². The van der Waals surface area contributed by atoms with Crippen molar-refractivity contribution in [2.45, 2.75) is 18.6 Å². The van der Waals surface area contributed by atoms with Gasteiger partial charge < -0.3 is 14.8 Å². The highest BCUT2D eigenvalue weighted by Crippen LogP contribution is 2.22. The summed E-state index contributed by atoms with van der Waals surface area (Å²) >= 11 is 0. The number of amides is 1. The lowest BCUT2D eigenvalue weighted by Crippen LogP contribution is -2.45. The zero-order chi connectivity index (χ0) is 18.1. The lowest BCUT2D eigenvalue weighted by atomic mass is 9.91. The van der Waals surface area contributed by atoms with E-state index >= 15 is 0 Å². The first-order valence-corrected chi connectivity index (χ1v) is 7.88. The van der Waals surface area contributed by atoms with Crippen molar-refractivity contribution < 1.29 is 19.1 Å². The van der Waals surface area contributed by atoms with Crippen LogP contribution in [0.1, 0.15) is 17.0 Å². The monoisotopic (exact) mass is 339 g/mol. The summed E-state index contributed by atoms with van der Waals surface area (Å²) in [6.07, 6.45) is 0.913. The second-order valence-electron chi connectivity index (χ2n) is 5.38. The Morgan fingerprint density at radius 2 is 1.68 bits per heavy atom. The Bertz CT molecular complexity index is 700. The van der Waals surface area contributed by atoms with Gasteiger partial charge in [0.25, 0.3) is 0 Å². The van der Waals surface area contributed by atoms with Crippen LogP contribution in [-0.4, -0.2) is 25.2 Å². The minimum absolute atomic E-state index is 0.116. The highest BCUT2D eigenvalue weighted by atomic mass is 16.6. The van der Waals surface area contributed by atoms with Gasteiger partial charge >= 0.3 is 12.1 Å². The van der Waals surface area contributed by atoms with E-state index in [1.165, 1.54) is 7.11 Å². The van der Waals surface area contributed by atoms with Crippen molar-refractivity contribution in [3.8, 4) is 0 Å². The molecule has 0 bridgehead atoms. The minimum Gasteiger partial charge on any atom is -0.467 e. The largest absolute Gasteiger partial charge is 0.467 e. The molecule has 0 aromatic heterocycles. The number of benzene rings is 2. The summed E-state index contributed by atoms with van der Waals surface area (Å²) in [5, 5.41) is 2.58. The predicted octanol–water partition coefficient (Wildman–Crippen LogP) is 3.42. The van der Waals surface area contributed by atoms with E-state index in [1.807, 2.05) is 60.7 Å². The Morgan fingerprint density at radius 1 is 1.08 bits per heavy atom. The van der Waals surface area contributed by atoms with Crippen LogP contribution in [0.2, 0.25) is 0 Å². The number of hydrogen-bond donors (Lipinski definition) is 1. The molecule has 130 valence electrons. The Hall–Kier alpha value is -3.08. The van der Waals surface area contributed by atoms with Crippen molar-refractivity contribution in [3.05, 3.63) is 84.4 Å². The van der Waals surface area contributed by atoms with E-state index in [9.17, 15) is 9.59 Å². The number of carbonyl (C=O) groups is 2. The van der Waals surface area contributed by atoms with Crippen molar-refractivity contribution in [3.63, 3.8) is 0 Å². The van der Waals surface area contributed by atoms with Crippen molar-refractivity contribution in [1.82, 2.24) is 5.32 Å². The molecule has 1 amide bonds. The second-order valence-corrected chi connectivity index (χ2v) is 5.38. The van der Waals surface area contributed by atoms with Gasteiger partial charge in [0.05, 0.1) is 7.11 Å². The molecule has 5 nitrogen and oxygen atoms in total. The van der Waals surface area contributed by atoms with Crippen LogP contribution in [0.25, 0.3) is 0 Å². The van der Waals surface area contributed by atoms with Gasteiger partial charge in [-0.3, -0.25) is 0 Å². The lowest BCUT2D eigenvalue weighted by molar-refractivity contribution is -0.143. The van der Waals surface area contributed by atoms with E-state index in [1.54, 1.807) is 6.08 Å². The van der Waals surface area contributed by atoms with Gasteiger partial charge in [-0.25, -0.2) is 9.59 Å². The average Bonchev–Trinajstić information content (AvgIpc) is 2.67. The van der Waals surface area contributed by atoms with Gasteiger partial charge in [0.2, 0.25) is 0 Å². The van der Waals surface area contributed by atoms with Gasteiger partial charge in [-0.05, 0) is 11.1 Å². The lowest BCUT2D eigenvalue weighted by Gasteiger charge is -2.23. The Kier molecular flexibility index (Phi) is 6.77. The summed E-state index contributed by atoms with van der Waals surface area (Å²) in [7, 11) is 1.28. The molecule has 25 heavy (non-hydrogen) atoms. The summed E-state index contributed by atoms with van der Waals surface area (Å²) in [4.78, 5) is 24.3. The van der Waals surface area contributed by atoms with Gasteiger partial charge in [0.1, 0.15) is 12.6 Å². The minimum atomic E-state index is -0.923. The molecule has 0 aliphatic heterocycles. The average molecular weight is 339 g/mol. The molecule has 0 radical (unpaired) electrons.